The van der Waals surface area contributed by atoms with Gasteiger partial charge in [-0.1, -0.05) is 83.1 Å². The largest absolute Gasteiger partial charge is 0.490 e. The Bertz CT molecular complexity index is 1040. The zero-order chi connectivity index (χ0) is 33.0. The van der Waals surface area contributed by atoms with Crippen LogP contribution in [0.3, 0.4) is 0 Å². The SMILES string of the molecule is C=C[C@H](C)[C@H](OC(=O)[C@@H](C)[C@H](O)[C@H](C)[C@H]1OC(=O)/C(OC)=C/C(C)=C/[C@@H](C)[C@@H](O)[C@@H](C)C/C(C)=C/C=C/[C@@H]1OC)C(C)C. The Morgan fingerprint density at radius 1 is 1.14 bits per heavy atom. The Morgan fingerprint density at radius 2 is 1.77 bits per heavy atom. The molecule has 0 saturated heterocycles. The minimum atomic E-state index is -1.22. The molecule has 0 fully saturated rings. The molecule has 0 radical (unpaired) electrons. The van der Waals surface area contributed by atoms with Crippen molar-refractivity contribution in [1.29, 1.82) is 0 Å². The van der Waals surface area contributed by atoms with Gasteiger partial charge in [0.25, 0.3) is 0 Å². The first-order valence-electron chi connectivity index (χ1n) is 15.3. The molecule has 1 rings (SSSR count). The summed E-state index contributed by atoms with van der Waals surface area (Å²) < 4.78 is 22.9. The second kappa shape index (κ2) is 18.2. The molecule has 0 bridgehead atoms. The van der Waals surface area contributed by atoms with Crippen LogP contribution in [0.4, 0.5) is 0 Å². The van der Waals surface area contributed by atoms with E-state index in [4.69, 9.17) is 18.9 Å². The molecule has 10 atom stereocenters. The Balaban J connectivity index is 3.50. The zero-order valence-electron chi connectivity index (χ0n) is 28.1. The number of rotatable bonds is 10. The topological polar surface area (TPSA) is 112 Å². The Hall–Kier alpha value is -2.68. The highest BCUT2D eigenvalue weighted by Gasteiger charge is 2.40. The number of aliphatic hydroxyl groups excluding tert-OH is 2. The zero-order valence-corrected chi connectivity index (χ0v) is 28.1. The van der Waals surface area contributed by atoms with Crippen molar-refractivity contribution in [3.05, 3.63) is 59.9 Å². The molecular weight excluding hydrogens is 548 g/mol. The molecule has 2 N–H and O–H groups in total. The Morgan fingerprint density at radius 3 is 2.30 bits per heavy atom. The number of esters is 2. The lowest BCUT2D eigenvalue weighted by atomic mass is 9.86. The summed E-state index contributed by atoms with van der Waals surface area (Å²) in [5.41, 5.74) is 1.79. The smallest absolute Gasteiger partial charge is 0.373 e. The molecule has 0 unspecified atom stereocenters. The fourth-order valence-corrected chi connectivity index (χ4v) is 5.51. The van der Waals surface area contributed by atoms with E-state index in [1.807, 2.05) is 66.7 Å². The predicted octanol–water partition coefficient (Wildman–Crippen LogP) is 5.95. The van der Waals surface area contributed by atoms with Crippen LogP contribution in [-0.4, -0.2) is 66.9 Å². The van der Waals surface area contributed by atoms with Gasteiger partial charge in [-0.3, -0.25) is 4.79 Å². The number of carbonyl (C=O) groups excluding carboxylic acids is 2. The summed E-state index contributed by atoms with van der Waals surface area (Å²) >= 11 is 0. The second-order valence-electron chi connectivity index (χ2n) is 12.5. The van der Waals surface area contributed by atoms with Gasteiger partial charge in [0.2, 0.25) is 5.76 Å². The van der Waals surface area contributed by atoms with E-state index < -0.39 is 54.3 Å². The van der Waals surface area contributed by atoms with Gasteiger partial charge in [0.05, 0.1) is 25.2 Å². The number of carbonyl (C=O) groups is 2. The van der Waals surface area contributed by atoms with E-state index in [1.54, 1.807) is 32.1 Å². The first-order valence-corrected chi connectivity index (χ1v) is 15.3. The van der Waals surface area contributed by atoms with Gasteiger partial charge in [-0.15, -0.1) is 6.58 Å². The summed E-state index contributed by atoms with van der Waals surface area (Å²) in [5, 5.41) is 22.3. The first-order chi connectivity index (χ1) is 20.1. The number of hydrogen-bond donors (Lipinski definition) is 2. The minimum Gasteiger partial charge on any atom is -0.490 e. The van der Waals surface area contributed by atoms with E-state index in [0.29, 0.717) is 6.42 Å². The molecule has 43 heavy (non-hydrogen) atoms. The van der Waals surface area contributed by atoms with E-state index >= 15 is 0 Å². The molecule has 0 aliphatic carbocycles. The molecule has 244 valence electrons. The molecule has 8 heteroatoms. The van der Waals surface area contributed by atoms with Crippen molar-refractivity contribution in [1.82, 2.24) is 0 Å². The molecule has 0 saturated carbocycles. The fraction of sp³-hybridized carbons (Fsp3) is 0.657. The van der Waals surface area contributed by atoms with Crippen LogP contribution >= 0.6 is 0 Å². The van der Waals surface area contributed by atoms with Crippen molar-refractivity contribution < 1.29 is 38.7 Å². The average Bonchev–Trinajstić information content (AvgIpc) is 2.96. The third kappa shape index (κ3) is 11.4. The molecule has 8 nitrogen and oxygen atoms in total. The van der Waals surface area contributed by atoms with Crippen molar-refractivity contribution >= 4 is 11.9 Å². The van der Waals surface area contributed by atoms with Gasteiger partial charge in [0.15, 0.2) is 0 Å². The van der Waals surface area contributed by atoms with Crippen LogP contribution in [0.15, 0.2) is 59.9 Å². The third-order valence-electron chi connectivity index (χ3n) is 8.33. The summed E-state index contributed by atoms with van der Waals surface area (Å²) in [5.74, 6) is -3.14. The van der Waals surface area contributed by atoms with Gasteiger partial charge in [-0.05, 0) is 45.1 Å². The van der Waals surface area contributed by atoms with Crippen LogP contribution in [-0.2, 0) is 28.5 Å². The standard InChI is InChI=1S/C35H56O8/c1-13-23(6)32(20(2)3)42-34(38)27(10)31(37)26(9)33-28(40-11)16-14-15-21(4)17-24(7)30(36)25(8)18-22(5)19-29(41-12)35(39)43-33/h13-16,18-20,23-28,30-33,36-37H,1,17H2,2-12H3/b16-14+,21-15+,22-18+,29-19-/t23-,24-,25+,26-,27-,28-,30-,31+,32+,33+/m0/s1. The van der Waals surface area contributed by atoms with Crippen LogP contribution in [0.5, 0.6) is 0 Å². The van der Waals surface area contributed by atoms with E-state index in [0.717, 1.165) is 11.1 Å². The predicted molar refractivity (Wildman–Crippen MR) is 170 cm³/mol. The number of allylic oxidation sites excluding steroid dienone is 5. The van der Waals surface area contributed by atoms with Crippen molar-refractivity contribution in [3.63, 3.8) is 0 Å². The summed E-state index contributed by atoms with van der Waals surface area (Å²) in [6.07, 6.45) is 7.48. The molecule has 1 heterocycles. The van der Waals surface area contributed by atoms with Crippen molar-refractivity contribution in [2.24, 2.45) is 35.5 Å². The number of hydrogen-bond acceptors (Lipinski definition) is 8. The fourth-order valence-electron chi connectivity index (χ4n) is 5.51. The third-order valence-corrected chi connectivity index (χ3v) is 8.33. The average molecular weight is 605 g/mol. The van der Waals surface area contributed by atoms with Gasteiger partial charge in [-0.25, -0.2) is 4.79 Å². The summed E-state index contributed by atoms with van der Waals surface area (Å²) in [7, 11) is 2.87. The van der Waals surface area contributed by atoms with E-state index in [2.05, 4.69) is 6.58 Å². The summed E-state index contributed by atoms with van der Waals surface area (Å²) in [6, 6.07) is 0. The van der Waals surface area contributed by atoms with Crippen LogP contribution in [0, 0.1) is 35.5 Å². The quantitative estimate of drug-likeness (QED) is 0.232. The van der Waals surface area contributed by atoms with Gasteiger partial charge >= 0.3 is 11.9 Å². The Labute approximate surface area is 259 Å². The van der Waals surface area contributed by atoms with Gasteiger partial charge in [0.1, 0.15) is 18.3 Å². The highest BCUT2D eigenvalue weighted by atomic mass is 16.6. The summed E-state index contributed by atoms with van der Waals surface area (Å²) in [4.78, 5) is 26.6. The van der Waals surface area contributed by atoms with Gasteiger partial charge in [-0.2, -0.15) is 0 Å². The van der Waals surface area contributed by atoms with Crippen LogP contribution in [0.2, 0.25) is 0 Å². The van der Waals surface area contributed by atoms with Crippen LogP contribution in [0.25, 0.3) is 0 Å². The minimum absolute atomic E-state index is 0.000379. The molecule has 0 aromatic rings. The summed E-state index contributed by atoms with van der Waals surface area (Å²) in [6.45, 7) is 20.8. The van der Waals surface area contributed by atoms with E-state index in [9.17, 15) is 19.8 Å². The van der Waals surface area contributed by atoms with Crippen LogP contribution in [0.1, 0.15) is 68.7 Å². The molecule has 0 aromatic carbocycles. The molecule has 1 aliphatic heterocycles. The lowest BCUT2D eigenvalue weighted by Gasteiger charge is -2.34. The second-order valence-corrected chi connectivity index (χ2v) is 12.5. The number of methoxy groups -OCH3 is 2. The number of ether oxygens (including phenoxy) is 4. The highest BCUT2D eigenvalue weighted by Crippen LogP contribution is 2.28. The van der Waals surface area contributed by atoms with E-state index in [-0.39, 0.29) is 29.4 Å². The highest BCUT2D eigenvalue weighted by molar-refractivity contribution is 5.87. The maximum Gasteiger partial charge on any atom is 0.373 e. The molecule has 0 aromatic heterocycles. The monoisotopic (exact) mass is 604 g/mol. The maximum absolute atomic E-state index is 13.4. The molecule has 0 spiro atoms. The lowest BCUT2D eigenvalue weighted by Crippen LogP contribution is -2.46. The molecular formula is C35H56O8. The first kappa shape index (κ1) is 38.3. The molecule has 1 aliphatic rings. The van der Waals surface area contributed by atoms with Crippen molar-refractivity contribution in [2.75, 3.05) is 14.2 Å². The molecule has 0 amide bonds. The number of aliphatic hydroxyl groups is 2. The maximum atomic E-state index is 13.4. The van der Waals surface area contributed by atoms with Gasteiger partial charge < -0.3 is 29.2 Å². The van der Waals surface area contributed by atoms with Gasteiger partial charge in [0, 0.05) is 24.9 Å². The van der Waals surface area contributed by atoms with E-state index in [1.165, 1.54) is 14.2 Å². The van der Waals surface area contributed by atoms with Crippen molar-refractivity contribution in [2.45, 2.75) is 99.3 Å². The normalized spacial score (nSPS) is 32.3. The van der Waals surface area contributed by atoms with Crippen LogP contribution < -0.4 is 0 Å². The van der Waals surface area contributed by atoms with Crippen molar-refractivity contribution in [3.8, 4) is 0 Å². The number of cyclic esters (lactones) is 1. The Kier molecular flexibility index (Phi) is 16.2. The lowest BCUT2D eigenvalue weighted by molar-refractivity contribution is -0.169.